The first-order chi connectivity index (χ1) is 17.6. The van der Waals surface area contributed by atoms with Crippen molar-refractivity contribution in [1.29, 1.82) is 0 Å². The summed E-state index contributed by atoms with van der Waals surface area (Å²) in [5, 5.41) is 15.7. The minimum Gasteiger partial charge on any atom is -0.491 e. The Labute approximate surface area is 216 Å². The monoisotopic (exact) mass is 516 g/mol. The number of rotatable bonds is 2. The van der Waals surface area contributed by atoms with Crippen molar-refractivity contribution in [3.8, 4) is 5.75 Å². The van der Waals surface area contributed by atoms with Gasteiger partial charge in [-0.3, -0.25) is 19.2 Å². The molecular formula is C26H36N4O7. The zero-order valence-corrected chi connectivity index (χ0v) is 21.5. The summed E-state index contributed by atoms with van der Waals surface area (Å²) in [5.41, 5.74) is 0.235. The van der Waals surface area contributed by atoms with Crippen LogP contribution in [0.5, 0.6) is 5.75 Å². The van der Waals surface area contributed by atoms with Gasteiger partial charge in [0.25, 0.3) is 5.91 Å². The van der Waals surface area contributed by atoms with Gasteiger partial charge in [0, 0.05) is 19.6 Å². The fraction of sp³-hybridized carbons (Fsp3) is 0.615. The van der Waals surface area contributed by atoms with E-state index in [1.165, 1.54) is 6.92 Å². The Kier molecular flexibility index (Phi) is 8.33. The highest BCUT2D eigenvalue weighted by Gasteiger charge is 2.39. The molecular weight excluding hydrogens is 480 g/mol. The first-order valence-corrected chi connectivity index (χ1v) is 12.9. The van der Waals surface area contributed by atoms with E-state index in [-0.39, 0.29) is 30.4 Å². The van der Waals surface area contributed by atoms with Gasteiger partial charge in [0.2, 0.25) is 17.7 Å². The minimum absolute atomic E-state index is 0.155. The van der Waals surface area contributed by atoms with Crippen LogP contribution >= 0.6 is 0 Å². The average Bonchev–Trinajstić information content (AvgIpc) is 3.32. The zero-order valence-electron chi connectivity index (χ0n) is 21.5. The zero-order chi connectivity index (χ0) is 26.7. The van der Waals surface area contributed by atoms with Crippen LogP contribution in [0.25, 0.3) is 0 Å². The molecule has 0 aromatic heterocycles. The number of hydrogen-bond acceptors (Lipinski definition) is 7. The van der Waals surface area contributed by atoms with Crippen molar-refractivity contribution in [3.05, 3.63) is 29.8 Å². The second-order valence-corrected chi connectivity index (χ2v) is 10.2. The second kappa shape index (κ2) is 11.5. The van der Waals surface area contributed by atoms with Gasteiger partial charge in [0.05, 0.1) is 36.3 Å². The predicted octanol–water partition coefficient (Wildman–Crippen LogP) is 0.0599. The van der Waals surface area contributed by atoms with Gasteiger partial charge < -0.3 is 35.0 Å². The van der Waals surface area contributed by atoms with E-state index in [2.05, 4.69) is 10.6 Å². The summed E-state index contributed by atoms with van der Waals surface area (Å²) in [5.74, 6) is -1.66. The number of nitrogens with zero attached hydrogens (tertiary/aromatic N) is 2. The summed E-state index contributed by atoms with van der Waals surface area (Å²) < 4.78 is 11.7. The maximum Gasteiger partial charge on any atom is 0.255 e. The topological polar surface area (TPSA) is 138 Å². The SMILES string of the molecule is C[C@@H]1CN(C(=O)[C@@H]2CC(=O)N[C@@H]([C@@H](C)O)C(=O)N3CCC[C@@H]3COc3ccccc3C(=O)N2)C[C@H](C)O1. The molecule has 0 saturated carbocycles. The molecule has 4 amide bonds. The van der Waals surface area contributed by atoms with Gasteiger partial charge >= 0.3 is 0 Å². The number of carbonyl (C=O) groups excluding carboxylic acids is 4. The van der Waals surface area contributed by atoms with E-state index >= 15 is 0 Å². The molecule has 11 nitrogen and oxygen atoms in total. The molecule has 3 aliphatic rings. The molecule has 0 spiro atoms. The number of ether oxygens (including phenoxy) is 2. The highest BCUT2D eigenvalue weighted by Crippen LogP contribution is 2.24. The third-order valence-corrected chi connectivity index (χ3v) is 7.01. The summed E-state index contributed by atoms with van der Waals surface area (Å²) in [6, 6.07) is 4.06. The number of benzene rings is 1. The first kappa shape index (κ1) is 26.9. The first-order valence-electron chi connectivity index (χ1n) is 12.9. The smallest absolute Gasteiger partial charge is 0.255 e. The molecule has 37 heavy (non-hydrogen) atoms. The van der Waals surface area contributed by atoms with Crippen molar-refractivity contribution >= 4 is 23.6 Å². The maximum absolute atomic E-state index is 13.5. The fourth-order valence-corrected chi connectivity index (χ4v) is 5.26. The number of fused-ring (bicyclic) bond motifs is 2. The summed E-state index contributed by atoms with van der Waals surface area (Å²) in [4.78, 5) is 56.5. The van der Waals surface area contributed by atoms with Crippen LogP contribution in [0.2, 0.25) is 0 Å². The Balaban J connectivity index is 1.66. The van der Waals surface area contributed by atoms with Gasteiger partial charge in [-0.1, -0.05) is 12.1 Å². The lowest BCUT2D eigenvalue weighted by atomic mass is 10.1. The predicted molar refractivity (Wildman–Crippen MR) is 133 cm³/mol. The Morgan fingerprint density at radius 3 is 2.51 bits per heavy atom. The normalized spacial score (nSPS) is 30.3. The van der Waals surface area contributed by atoms with Crippen molar-refractivity contribution in [2.75, 3.05) is 26.2 Å². The van der Waals surface area contributed by atoms with E-state index in [9.17, 15) is 24.3 Å². The van der Waals surface area contributed by atoms with E-state index in [0.29, 0.717) is 31.8 Å². The summed E-state index contributed by atoms with van der Waals surface area (Å²) in [6.45, 7) is 6.42. The quantitative estimate of drug-likeness (QED) is 0.506. The van der Waals surface area contributed by atoms with Crippen molar-refractivity contribution in [3.63, 3.8) is 0 Å². The summed E-state index contributed by atoms with van der Waals surface area (Å²) >= 11 is 0. The largest absolute Gasteiger partial charge is 0.491 e. The molecule has 11 heteroatoms. The van der Waals surface area contributed by atoms with Crippen LogP contribution in [0, 0.1) is 0 Å². The summed E-state index contributed by atoms with van der Waals surface area (Å²) in [7, 11) is 0. The Morgan fingerprint density at radius 1 is 1.11 bits per heavy atom. The second-order valence-electron chi connectivity index (χ2n) is 10.2. The number of morpholine rings is 1. The molecule has 0 radical (unpaired) electrons. The number of carbonyl (C=O) groups is 4. The van der Waals surface area contributed by atoms with Crippen molar-refractivity contribution < 1.29 is 33.8 Å². The third-order valence-electron chi connectivity index (χ3n) is 7.01. The van der Waals surface area contributed by atoms with Gasteiger partial charge in [0.15, 0.2) is 0 Å². The standard InChI is InChI=1S/C26H36N4O7/c1-15-12-29(13-16(2)37-15)25(34)20-11-22(32)28-23(17(3)31)26(35)30-10-6-7-18(30)14-36-21-9-5-4-8-19(21)24(33)27-20/h4-5,8-9,15-18,20,23,31H,6-7,10-14H2,1-3H3,(H,27,33)(H,28,32)/t15-,16+,17-,18-,20+,23+/m1/s1. The van der Waals surface area contributed by atoms with Crippen molar-refractivity contribution in [2.24, 2.45) is 0 Å². The highest BCUT2D eigenvalue weighted by molar-refractivity contribution is 6.01. The molecule has 4 rings (SSSR count). The molecule has 0 aliphatic carbocycles. The molecule has 3 N–H and O–H groups in total. The van der Waals surface area contributed by atoms with Crippen molar-refractivity contribution in [2.45, 2.75) is 76.5 Å². The number of aliphatic hydroxyl groups is 1. The van der Waals surface area contributed by atoms with Crippen LogP contribution in [0.3, 0.4) is 0 Å². The molecule has 3 heterocycles. The van der Waals surface area contributed by atoms with Crippen LogP contribution in [0.1, 0.15) is 50.4 Å². The van der Waals surface area contributed by atoms with Crippen LogP contribution in [0.4, 0.5) is 0 Å². The van der Waals surface area contributed by atoms with E-state index in [1.807, 2.05) is 13.8 Å². The average molecular weight is 517 g/mol. The Morgan fingerprint density at radius 2 is 1.81 bits per heavy atom. The molecule has 0 bridgehead atoms. The highest BCUT2D eigenvalue weighted by atomic mass is 16.5. The fourth-order valence-electron chi connectivity index (χ4n) is 5.26. The number of aliphatic hydroxyl groups excluding tert-OH is 1. The number of nitrogens with one attached hydrogen (secondary N) is 2. The lowest BCUT2D eigenvalue weighted by Gasteiger charge is -2.37. The molecule has 2 saturated heterocycles. The van der Waals surface area contributed by atoms with Crippen LogP contribution < -0.4 is 15.4 Å². The van der Waals surface area contributed by atoms with E-state index in [4.69, 9.17) is 9.47 Å². The lowest BCUT2D eigenvalue weighted by Crippen LogP contribution is -2.58. The molecule has 3 aliphatic heterocycles. The molecule has 1 aromatic carbocycles. The molecule has 1 aromatic rings. The van der Waals surface area contributed by atoms with E-state index < -0.39 is 48.2 Å². The molecule has 6 atom stereocenters. The van der Waals surface area contributed by atoms with E-state index in [0.717, 1.165) is 6.42 Å². The Bertz CT molecular complexity index is 1020. The van der Waals surface area contributed by atoms with Crippen molar-refractivity contribution in [1.82, 2.24) is 20.4 Å². The van der Waals surface area contributed by atoms with Gasteiger partial charge in [-0.05, 0) is 45.7 Å². The van der Waals surface area contributed by atoms with Crippen LogP contribution in [-0.2, 0) is 19.1 Å². The van der Waals surface area contributed by atoms with Gasteiger partial charge in [-0.15, -0.1) is 0 Å². The van der Waals surface area contributed by atoms with Gasteiger partial charge in [-0.2, -0.15) is 0 Å². The minimum atomic E-state index is -1.19. The number of para-hydroxylation sites is 1. The maximum atomic E-state index is 13.5. The molecule has 0 unspecified atom stereocenters. The van der Waals surface area contributed by atoms with E-state index in [1.54, 1.807) is 34.1 Å². The third kappa shape index (κ3) is 6.22. The molecule has 202 valence electrons. The summed E-state index contributed by atoms with van der Waals surface area (Å²) in [6.07, 6.45) is -0.487. The lowest BCUT2D eigenvalue weighted by molar-refractivity contribution is -0.147. The van der Waals surface area contributed by atoms with Crippen LogP contribution in [0.15, 0.2) is 24.3 Å². The molecule has 2 fully saturated rings. The van der Waals surface area contributed by atoms with Crippen LogP contribution in [-0.4, -0.2) is 101 Å². The Hall–Kier alpha value is -3.18. The number of hydrogen-bond donors (Lipinski definition) is 3. The van der Waals surface area contributed by atoms with Gasteiger partial charge in [-0.25, -0.2) is 0 Å². The van der Waals surface area contributed by atoms with Gasteiger partial charge in [0.1, 0.15) is 24.4 Å². The number of amides is 4.